The van der Waals surface area contributed by atoms with Crippen LogP contribution in [0.4, 0.5) is 5.95 Å². The van der Waals surface area contributed by atoms with Gasteiger partial charge in [0.15, 0.2) is 11.5 Å². The molecule has 1 N–H and O–H groups in total. The molecule has 2 heterocycles. The van der Waals surface area contributed by atoms with Crippen LogP contribution >= 0.6 is 0 Å². The molecule has 0 atom stereocenters. The maximum atomic E-state index is 12.4. The molecule has 25 heavy (non-hydrogen) atoms. The summed E-state index contributed by atoms with van der Waals surface area (Å²) < 4.78 is 10.7. The summed E-state index contributed by atoms with van der Waals surface area (Å²) in [5.74, 6) is 1.82. The van der Waals surface area contributed by atoms with Crippen LogP contribution < -0.4 is 14.8 Å². The van der Waals surface area contributed by atoms with E-state index in [0.29, 0.717) is 18.2 Å². The summed E-state index contributed by atoms with van der Waals surface area (Å²) >= 11 is 0. The van der Waals surface area contributed by atoms with Gasteiger partial charge in [-0.2, -0.15) is 0 Å². The lowest BCUT2D eigenvalue weighted by molar-refractivity contribution is 0.0787. The van der Waals surface area contributed by atoms with Gasteiger partial charge in [-0.3, -0.25) is 4.79 Å². The topological polar surface area (TPSA) is 76.6 Å². The molecule has 7 nitrogen and oxygen atoms in total. The lowest BCUT2D eigenvalue weighted by Crippen LogP contribution is -2.28. The minimum atomic E-state index is -0.0954. The van der Waals surface area contributed by atoms with Crippen LogP contribution in [0.3, 0.4) is 0 Å². The van der Waals surface area contributed by atoms with Gasteiger partial charge in [0.05, 0.1) is 0 Å². The summed E-state index contributed by atoms with van der Waals surface area (Å²) in [5.41, 5.74) is 1.41. The van der Waals surface area contributed by atoms with Crippen LogP contribution in [-0.2, 0) is 6.54 Å². The number of hydrogen-bond acceptors (Lipinski definition) is 6. The number of ether oxygens (including phenoxy) is 2. The van der Waals surface area contributed by atoms with Crippen LogP contribution in [0.25, 0.3) is 0 Å². The summed E-state index contributed by atoms with van der Waals surface area (Å²) in [6, 6.07) is 7.39. The second-order valence-electron chi connectivity index (χ2n) is 5.89. The largest absolute Gasteiger partial charge is 0.454 e. The second kappa shape index (κ2) is 7.83. The van der Waals surface area contributed by atoms with E-state index in [0.717, 1.165) is 36.4 Å². The third kappa shape index (κ3) is 4.17. The number of amides is 1. The summed E-state index contributed by atoms with van der Waals surface area (Å²) in [5, 5.41) is 3.14. The number of rotatable bonds is 7. The van der Waals surface area contributed by atoms with E-state index in [1.54, 1.807) is 24.2 Å². The molecule has 132 valence electrons. The van der Waals surface area contributed by atoms with Gasteiger partial charge in [-0.25, -0.2) is 9.97 Å². The highest BCUT2D eigenvalue weighted by Crippen LogP contribution is 2.32. The highest BCUT2D eigenvalue weighted by molar-refractivity contribution is 5.92. The molecular formula is C18H22N4O3. The van der Waals surface area contributed by atoms with Crippen molar-refractivity contribution in [2.75, 3.05) is 25.7 Å². The molecule has 7 heteroatoms. The fourth-order valence-corrected chi connectivity index (χ4v) is 2.49. The molecule has 1 aromatic heterocycles. The van der Waals surface area contributed by atoms with Crippen molar-refractivity contribution >= 4 is 11.9 Å². The van der Waals surface area contributed by atoms with Crippen LogP contribution in [0.1, 0.15) is 35.8 Å². The van der Waals surface area contributed by atoms with Gasteiger partial charge in [-0.15, -0.1) is 0 Å². The van der Waals surface area contributed by atoms with Crippen molar-refractivity contribution in [3.63, 3.8) is 0 Å². The van der Waals surface area contributed by atoms with Gasteiger partial charge >= 0.3 is 0 Å². The van der Waals surface area contributed by atoms with E-state index in [9.17, 15) is 4.79 Å². The highest BCUT2D eigenvalue weighted by Gasteiger charge is 2.15. The number of carbonyl (C=O) groups excluding carboxylic acids is 1. The molecule has 0 unspecified atom stereocenters. The van der Waals surface area contributed by atoms with E-state index in [1.807, 2.05) is 18.2 Å². The fraction of sp³-hybridized carbons (Fsp3) is 0.389. The van der Waals surface area contributed by atoms with Gasteiger partial charge in [-0.1, -0.05) is 19.4 Å². The SMILES string of the molecule is CCCCN(C)C(=O)c1ccnc(NCc2ccc3c(c2)OCO3)n1. The quantitative estimate of drug-likeness (QED) is 0.834. The zero-order chi connectivity index (χ0) is 17.6. The van der Waals surface area contributed by atoms with Crippen LogP contribution in [-0.4, -0.2) is 41.2 Å². The van der Waals surface area contributed by atoms with Crippen molar-refractivity contribution in [3.05, 3.63) is 41.7 Å². The molecule has 0 fully saturated rings. The first kappa shape index (κ1) is 17.0. The smallest absolute Gasteiger partial charge is 0.272 e. The Kier molecular flexibility index (Phi) is 5.33. The van der Waals surface area contributed by atoms with Gasteiger partial charge in [0.25, 0.3) is 5.91 Å². The third-order valence-electron chi connectivity index (χ3n) is 3.96. The van der Waals surface area contributed by atoms with E-state index in [-0.39, 0.29) is 12.7 Å². The second-order valence-corrected chi connectivity index (χ2v) is 5.89. The first-order valence-corrected chi connectivity index (χ1v) is 8.38. The number of nitrogens with one attached hydrogen (secondary N) is 1. The van der Waals surface area contributed by atoms with Crippen molar-refractivity contribution in [1.29, 1.82) is 0 Å². The molecule has 1 aliphatic rings. The van der Waals surface area contributed by atoms with Crippen molar-refractivity contribution in [1.82, 2.24) is 14.9 Å². The number of unbranched alkanes of at least 4 members (excludes halogenated alkanes) is 1. The van der Waals surface area contributed by atoms with Crippen LogP contribution in [0.2, 0.25) is 0 Å². The van der Waals surface area contributed by atoms with Crippen molar-refractivity contribution in [2.45, 2.75) is 26.3 Å². The maximum Gasteiger partial charge on any atom is 0.272 e. The molecule has 1 aliphatic heterocycles. The summed E-state index contributed by atoms with van der Waals surface area (Å²) in [6.07, 6.45) is 3.61. The number of hydrogen-bond donors (Lipinski definition) is 1. The van der Waals surface area contributed by atoms with E-state index < -0.39 is 0 Å². The number of aromatic nitrogens is 2. The third-order valence-corrected chi connectivity index (χ3v) is 3.96. The van der Waals surface area contributed by atoms with Crippen molar-refractivity contribution in [2.24, 2.45) is 0 Å². The lowest BCUT2D eigenvalue weighted by atomic mass is 10.2. The molecule has 2 aromatic rings. The summed E-state index contributed by atoms with van der Waals surface area (Å²) in [7, 11) is 1.79. The zero-order valence-electron chi connectivity index (χ0n) is 14.5. The molecular weight excluding hydrogens is 320 g/mol. The summed E-state index contributed by atoms with van der Waals surface area (Å²) in [4.78, 5) is 22.6. The Morgan fingerprint density at radius 1 is 1.28 bits per heavy atom. The van der Waals surface area contributed by atoms with Crippen molar-refractivity contribution in [3.8, 4) is 11.5 Å². The first-order valence-electron chi connectivity index (χ1n) is 8.38. The zero-order valence-corrected chi connectivity index (χ0v) is 14.5. The number of carbonyl (C=O) groups is 1. The van der Waals surface area contributed by atoms with Gasteiger partial charge in [0.2, 0.25) is 12.7 Å². The molecule has 0 saturated carbocycles. The molecule has 0 radical (unpaired) electrons. The normalized spacial score (nSPS) is 12.1. The predicted molar refractivity (Wildman–Crippen MR) is 93.8 cm³/mol. The Bertz CT molecular complexity index is 751. The van der Waals surface area contributed by atoms with Crippen molar-refractivity contribution < 1.29 is 14.3 Å². The number of nitrogens with zero attached hydrogens (tertiary/aromatic N) is 3. The van der Waals surface area contributed by atoms with E-state index in [2.05, 4.69) is 22.2 Å². The first-order chi connectivity index (χ1) is 12.2. The van der Waals surface area contributed by atoms with E-state index >= 15 is 0 Å². The Morgan fingerprint density at radius 2 is 2.12 bits per heavy atom. The molecule has 3 rings (SSSR count). The molecule has 0 spiro atoms. The molecule has 0 saturated heterocycles. The lowest BCUT2D eigenvalue weighted by Gasteiger charge is -2.16. The molecule has 0 bridgehead atoms. The van der Waals surface area contributed by atoms with Gasteiger partial charge in [0.1, 0.15) is 5.69 Å². The maximum absolute atomic E-state index is 12.4. The predicted octanol–water partition coefficient (Wildman–Crippen LogP) is 2.69. The molecule has 0 aliphatic carbocycles. The van der Waals surface area contributed by atoms with E-state index in [1.165, 1.54) is 0 Å². The Balaban J connectivity index is 1.62. The van der Waals surface area contributed by atoms with Gasteiger partial charge < -0.3 is 19.7 Å². The Labute approximate surface area is 147 Å². The highest BCUT2D eigenvalue weighted by atomic mass is 16.7. The Hall–Kier alpha value is -2.83. The molecule has 1 amide bonds. The average Bonchev–Trinajstić information content (AvgIpc) is 3.11. The van der Waals surface area contributed by atoms with Gasteiger partial charge in [-0.05, 0) is 30.2 Å². The Morgan fingerprint density at radius 3 is 2.96 bits per heavy atom. The fourth-order valence-electron chi connectivity index (χ4n) is 2.49. The van der Waals surface area contributed by atoms with Crippen LogP contribution in [0.5, 0.6) is 11.5 Å². The van der Waals surface area contributed by atoms with E-state index in [4.69, 9.17) is 9.47 Å². The van der Waals surface area contributed by atoms with Crippen LogP contribution in [0.15, 0.2) is 30.5 Å². The summed E-state index contributed by atoms with van der Waals surface area (Å²) in [6.45, 7) is 3.60. The number of anilines is 1. The minimum absolute atomic E-state index is 0.0954. The minimum Gasteiger partial charge on any atom is -0.454 e. The standard InChI is InChI=1S/C18H22N4O3/c1-3-4-9-22(2)17(23)14-7-8-19-18(21-14)20-11-13-5-6-15-16(10-13)25-12-24-15/h5-8,10H,3-4,9,11-12H2,1-2H3,(H,19,20,21). The monoisotopic (exact) mass is 342 g/mol. The average molecular weight is 342 g/mol. The molecule has 1 aromatic carbocycles. The number of fused-ring (bicyclic) bond motifs is 1. The number of benzene rings is 1. The van der Waals surface area contributed by atoms with Gasteiger partial charge in [0, 0.05) is 26.3 Å². The van der Waals surface area contributed by atoms with Crippen LogP contribution in [0, 0.1) is 0 Å².